The fraction of sp³-hybridized carbons (Fsp3) is 0.0667. The fourth-order valence-corrected chi connectivity index (χ4v) is 4.71. The molecule has 4 aromatic carbocycles. The molecule has 0 amide bonds. The van der Waals surface area contributed by atoms with Gasteiger partial charge in [0.05, 0.1) is 31.0 Å². The van der Waals surface area contributed by atoms with Gasteiger partial charge in [0, 0.05) is 21.9 Å². The van der Waals surface area contributed by atoms with Gasteiger partial charge in [-0.15, -0.1) is 4.91 Å². The van der Waals surface area contributed by atoms with Crippen molar-refractivity contribution in [2.75, 3.05) is 14.2 Å². The summed E-state index contributed by atoms with van der Waals surface area (Å²) in [7, 11) is 3.21. The molecule has 0 aliphatic heterocycles. The van der Waals surface area contributed by atoms with Crippen LogP contribution in [0.15, 0.2) is 102 Å². The minimum Gasteiger partial charge on any atom is -0.493 e. The van der Waals surface area contributed by atoms with Crippen molar-refractivity contribution in [1.82, 2.24) is 14.8 Å². The number of ether oxygens (including phenoxy) is 2. The highest BCUT2D eigenvalue weighted by Gasteiger charge is 2.23. The van der Waals surface area contributed by atoms with Crippen LogP contribution in [0, 0.1) is 4.91 Å². The first kappa shape index (κ1) is 22.4. The Morgan fingerprint density at radius 3 is 2.03 bits per heavy atom. The maximum Gasteiger partial charge on any atom is 0.164 e. The van der Waals surface area contributed by atoms with Crippen molar-refractivity contribution in [3.8, 4) is 39.7 Å². The molecule has 0 bridgehead atoms. The predicted molar refractivity (Wildman–Crippen MR) is 146 cm³/mol. The smallest absolute Gasteiger partial charge is 0.164 e. The molecule has 2 aromatic heterocycles. The lowest BCUT2D eigenvalue weighted by Gasteiger charge is -2.14. The third-order valence-corrected chi connectivity index (χ3v) is 6.43. The van der Waals surface area contributed by atoms with Crippen molar-refractivity contribution in [2.24, 2.45) is 5.18 Å². The Morgan fingerprint density at radius 2 is 1.35 bits per heavy atom. The standard InChI is InChI=1S/C30H22N4O3/c1-36-25-17-22-23(18-26(25)37-2)29(21-15-9-10-16-24(21)33-35)31-30-27(22)28(19-11-5-3-6-12-19)32-34(30)20-13-7-4-8-14-20/h3-18H,1-2H3. The van der Waals surface area contributed by atoms with Crippen LogP contribution in [0.4, 0.5) is 5.69 Å². The Bertz CT molecular complexity index is 1760. The second kappa shape index (κ2) is 9.20. The number of pyridine rings is 1. The number of hydrogen-bond acceptors (Lipinski definition) is 6. The maximum atomic E-state index is 11.8. The van der Waals surface area contributed by atoms with E-state index in [0.717, 1.165) is 33.1 Å². The summed E-state index contributed by atoms with van der Waals surface area (Å²) in [6.45, 7) is 0. The van der Waals surface area contributed by atoms with Crippen molar-refractivity contribution in [3.63, 3.8) is 0 Å². The van der Waals surface area contributed by atoms with E-state index in [9.17, 15) is 4.91 Å². The molecule has 0 spiro atoms. The minimum atomic E-state index is 0.305. The number of para-hydroxylation sites is 1. The summed E-state index contributed by atoms with van der Waals surface area (Å²) >= 11 is 0. The van der Waals surface area contributed by atoms with Gasteiger partial charge in [-0.25, -0.2) is 9.67 Å². The van der Waals surface area contributed by atoms with E-state index in [1.807, 2.05) is 89.6 Å². The molecule has 0 aliphatic rings. The van der Waals surface area contributed by atoms with Crippen molar-refractivity contribution in [1.29, 1.82) is 0 Å². The van der Waals surface area contributed by atoms with Crippen molar-refractivity contribution < 1.29 is 9.47 Å². The lowest BCUT2D eigenvalue weighted by molar-refractivity contribution is 0.356. The summed E-state index contributed by atoms with van der Waals surface area (Å²) < 4.78 is 13.2. The van der Waals surface area contributed by atoms with E-state index in [0.29, 0.717) is 34.1 Å². The Hall–Kier alpha value is -5.04. The van der Waals surface area contributed by atoms with Crippen molar-refractivity contribution in [2.45, 2.75) is 0 Å². The summed E-state index contributed by atoms with van der Waals surface area (Å²) in [6.07, 6.45) is 0. The Kier molecular flexibility index (Phi) is 5.58. The maximum absolute atomic E-state index is 11.8. The molecular weight excluding hydrogens is 464 g/mol. The van der Waals surface area contributed by atoms with Crippen LogP contribution in [-0.2, 0) is 0 Å². The van der Waals surface area contributed by atoms with Crippen LogP contribution >= 0.6 is 0 Å². The largest absolute Gasteiger partial charge is 0.493 e. The molecule has 37 heavy (non-hydrogen) atoms. The molecule has 0 aliphatic carbocycles. The lowest BCUT2D eigenvalue weighted by Crippen LogP contribution is -1.99. The molecular formula is C30H22N4O3. The van der Waals surface area contributed by atoms with E-state index in [4.69, 9.17) is 19.6 Å². The zero-order chi connectivity index (χ0) is 25.4. The number of methoxy groups -OCH3 is 2. The molecule has 180 valence electrons. The SMILES string of the molecule is COc1cc2c(-c3ccccc3N=O)nc3c(c(-c4ccccc4)nn3-c3ccccc3)c2cc1OC. The van der Waals surface area contributed by atoms with Crippen LogP contribution in [0.1, 0.15) is 0 Å². The van der Waals surface area contributed by atoms with Gasteiger partial charge < -0.3 is 9.47 Å². The first-order valence-electron chi connectivity index (χ1n) is 11.8. The third-order valence-electron chi connectivity index (χ3n) is 6.43. The van der Waals surface area contributed by atoms with E-state index >= 15 is 0 Å². The number of benzene rings is 4. The average Bonchev–Trinajstić information content (AvgIpc) is 3.36. The summed E-state index contributed by atoms with van der Waals surface area (Å²) in [5, 5.41) is 10.9. The highest BCUT2D eigenvalue weighted by atomic mass is 16.5. The number of hydrogen-bond donors (Lipinski definition) is 0. The molecule has 0 saturated carbocycles. The molecule has 6 rings (SSSR count). The zero-order valence-corrected chi connectivity index (χ0v) is 20.3. The van der Waals surface area contributed by atoms with E-state index in [2.05, 4.69) is 5.18 Å². The van der Waals surface area contributed by atoms with Crippen LogP contribution in [0.25, 0.3) is 50.0 Å². The molecule has 7 heteroatoms. The van der Waals surface area contributed by atoms with Crippen LogP contribution < -0.4 is 9.47 Å². The minimum absolute atomic E-state index is 0.305. The monoisotopic (exact) mass is 486 g/mol. The summed E-state index contributed by atoms with van der Waals surface area (Å²) in [6, 6.07) is 30.9. The third kappa shape index (κ3) is 3.68. The molecule has 0 N–H and O–H groups in total. The van der Waals surface area contributed by atoms with Gasteiger partial charge in [-0.2, -0.15) is 5.10 Å². The van der Waals surface area contributed by atoms with Gasteiger partial charge in [-0.1, -0.05) is 66.7 Å². The van der Waals surface area contributed by atoms with Crippen LogP contribution in [0.3, 0.4) is 0 Å². The van der Waals surface area contributed by atoms with Gasteiger partial charge in [0.25, 0.3) is 0 Å². The molecule has 0 unspecified atom stereocenters. The van der Waals surface area contributed by atoms with Gasteiger partial charge in [0.2, 0.25) is 0 Å². The summed E-state index contributed by atoms with van der Waals surface area (Å²) in [5.41, 5.74) is 4.81. The highest BCUT2D eigenvalue weighted by molar-refractivity contribution is 6.16. The summed E-state index contributed by atoms with van der Waals surface area (Å²) in [4.78, 5) is 16.9. The molecule has 7 nitrogen and oxygen atoms in total. The number of nitrogens with zero attached hydrogens (tertiary/aromatic N) is 4. The van der Waals surface area contributed by atoms with Gasteiger partial charge >= 0.3 is 0 Å². The zero-order valence-electron chi connectivity index (χ0n) is 20.3. The number of nitroso groups, excluding NO2 is 1. The van der Waals surface area contributed by atoms with Gasteiger partial charge in [-0.05, 0) is 35.5 Å². The van der Waals surface area contributed by atoms with Crippen LogP contribution in [0.2, 0.25) is 0 Å². The molecule has 6 aromatic rings. The molecule has 2 heterocycles. The van der Waals surface area contributed by atoms with Crippen molar-refractivity contribution in [3.05, 3.63) is 102 Å². The van der Waals surface area contributed by atoms with Gasteiger partial charge in [0.1, 0.15) is 11.4 Å². The average molecular weight is 487 g/mol. The fourth-order valence-electron chi connectivity index (χ4n) is 4.71. The van der Waals surface area contributed by atoms with E-state index in [1.54, 1.807) is 26.4 Å². The van der Waals surface area contributed by atoms with Gasteiger partial charge in [-0.3, -0.25) is 0 Å². The Labute approximate surface area is 212 Å². The number of rotatable bonds is 6. The Balaban J connectivity index is 1.84. The molecule has 0 saturated heterocycles. The second-order valence-corrected chi connectivity index (χ2v) is 8.48. The van der Waals surface area contributed by atoms with E-state index in [1.165, 1.54) is 0 Å². The highest BCUT2D eigenvalue weighted by Crippen LogP contribution is 2.44. The quantitative estimate of drug-likeness (QED) is 0.230. The first-order valence-corrected chi connectivity index (χ1v) is 11.8. The number of aromatic nitrogens is 3. The van der Waals surface area contributed by atoms with Crippen LogP contribution in [-0.4, -0.2) is 29.0 Å². The Morgan fingerprint density at radius 1 is 0.730 bits per heavy atom. The predicted octanol–water partition coefficient (Wildman–Crippen LogP) is 7.32. The van der Waals surface area contributed by atoms with E-state index in [-0.39, 0.29) is 0 Å². The van der Waals surface area contributed by atoms with E-state index < -0.39 is 0 Å². The van der Waals surface area contributed by atoms with Crippen LogP contribution in [0.5, 0.6) is 11.5 Å². The molecule has 0 fully saturated rings. The summed E-state index contributed by atoms with van der Waals surface area (Å²) in [5.74, 6) is 1.15. The number of fused-ring (bicyclic) bond motifs is 3. The first-order chi connectivity index (χ1) is 18.2. The van der Waals surface area contributed by atoms with Gasteiger partial charge in [0.15, 0.2) is 17.1 Å². The molecule has 0 atom stereocenters. The molecule has 0 radical (unpaired) electrons. The van der Waals surface area contributed by atoms with Crippen molar-refractivity contribution >= 4 is 27.5 Å². The second-order valence-electron chi connectivity index (χ2n) is 8.48. The normalized spacial score (nSPS) is 11.1. The lowest BCUT2D eigenvalue weighted by atomic mass is 9.98. The topological polar surface area (TPSA) is 78.6 Å².